The summed E-state index contributed by atoms with van der Waals surface area (Å²) in [7, 11) is 0. The van der Waals surface area contributed by atoms with Crippen molar-refractivity contribution in [1.82, 2.24) is 9.97 Å². The minimum Gasteiger partial charge on any atom is -0.481 e. The van der Waals surface area contributed by atoms with Crippen LogP contribution in [-0.4, -0.2) is 26.2 Å². The molecule has 1 fully saturated rings. The number of carboxylic acid groups (broad SMARTS) is 1. The van der Waals surface area contributed by atoms with Crippen LogP contribution in [0.3, 0.4) is 0 Å². The average Bonchev–Trinajstić information content (AvgIpc) is 2.96. The fourth-order valence-electron chi connectivity index (χ4n) is 3.53. The van der Waals surface area contributed by atoms with Crippen molar-refractivity contribution in [3.05, 3.63) is 34.0 Å². The molecule has 7 heteroatoms. The Labute approximate surface area is 152 Å². The van der Waals surface area contributed by atoms with Crippen LogP contribution in [0.4, 0.5) is 0 Å². The van der Waals surface area contributed by atoms with Crippen LogP contribution in [0.1, 0.15) is 38.1 Å². The number of hydrogen-bond donors (Lipinski definition) is 2. The van der Waals surface area contributed by atoms with Gasteiger partial charge in [0.05, 0.1) is 16.5 Å². The molecule has 1 aliphatic rings. The van der Waals surface area contributed by atoms with Crippen molar-refractivity contribution in [2.75, 3.05) is 0 Å². The lowest BCUT2D eigenvalue weighted by atomic mass is 9.63. The Morgan fingerprint density at radius 3 is 2.79 bits per heavy atom. The zero-order chi connectivity index (χ0) is 17.5. The fourth-order valence-corrected chi connectivity index (χ4v) is 4.88. The highest BCUT2D eigenvalue weighted by molar-refractivity contribution is 9.10. The molecular formula is C17H19BrN2O3S. The molecule has 1 saturated carbocycles. The largest absolute Gasteiger partial charge is 0.481 e. The van der Waals surface area contributed by atoms with Crippen molar-refractivity contribution in [3.63, 3.8) is 0 Å². The van der Waals surface area contributed by atoms with E-state index in [0.29, 0.717) is 24.3 Å². The minimum absolute atomic E-state index is 0.385. The van der Waals surface area contributed by atoms with Crippen LogP contribution in [0.5, 0.6) is 0 Å². The van der Waals surface area contributed by atoms with Crippen LogP contribution in [0, 0.1) is 11.3 Å². The first-order valence-corrected chi connectivity index (χ1v) is 9.37. The van der Waals surface area contributed by atoms with Gasteiger partial charge in [0.15, 0.2) is 0 Å². The van der Waals surface area contributed by atoms with E-state index in [-0.39, 0.29) is 0 Å². The Morgan fingerprint density at radius 2 is 2.17 bits per heavy atom. The van der Waals surface area contributed by atoms with Gasteiger partial charge in [-0.15, -0.1) is 11.3 Å². The maximum atomic E-state index is 11.4. The second-order valence-electron chi connectivity index (χ2n) is 7.00. The van der Waals surface area contributed by atoms with Gasteiger partial charge in [0, 0.05) is 6.20 Å². The minimum atomic E-state index is -1.08. The van der Waals surface area contributed by atoms with Gasteiger partial charge in [-0.2, -0.15) is 0 Å². The molecule has 128 valence electrons. The average molecular weight is 411 g/mol. The molecule has 5 nitrogen and oxygen atoms in total. The molecule has 0 amide bonds. The number of thiazole rings is 1. The Balaban J connectivity index is 1.88. The predicted octanol–water partition coefficient (Wildman–Crippen LogP) is 4.07. The highest BCUT2D eigenvalue weighted by atomic mass is 79.9. The summed E-state index contributed by atoms with van der Waals surface area (Å²) in [4.78, 5) is 21.2. The van der Waals surface area contributed by atoms with Gasteiger partial charge in [-0.05, 0) is 52.7 Å². The molecule has 1 aliphatic carbocycles. The van der Waals surface area contributed by atoms with Crippen LogP contribution in [0.2, 0.25) is 0 Å². The third-order valence-corrected chi connectivity index (χ3v) is 6.36. The van der Waals surface area contributed by atoms with Crippen LogP contribution >= 0.6 is 27.3 Å². The van der Waals surface area contributed by atoms with Crippen LogP contribution in [-0.2, 0) is 10.4 Å². The van der Waals surface area contributed by atoms with Crippen molar-refractivity contribution in [2.45, 2.75) is 38.7 Å². The molecule has 2 atom stereocenters. The van der Waals surface area contributed by atoms with Gasteiger partial charge in [0.1, 0.15) is 15.2 Å². The Morgan fingerprint density at radius 1 is 1.42 bits per heavy atom. The van der Waals surface area contributed by atoms with E-state index in [1.54, 1.807) is 6.20 Å². The smallest absolute Gasteiger partial charge is 0.307 e. The second kappa shape index (κ2) is 6.20. The van der Waals surface area contributed by atoms with E-state index in [9.17, 15) is 15.0 Å². The fraction of sp³-hybridized carbons (Fsp3) is 0.471. The van der Waals surface area contributed by atoms with E-state index >= 15 is 0 Å². The van der Waals surface area contributed by atoms with E-state index in [1.165, 1.54) is 11.3 Å². The Bertz CT molecular complexity index is 777. The molecule has 24 heavy (non-hydrogen) atoms. The van der Waals surface area contributed by atoms with E-state index in [1.807, 2.05) is 32.0 Å². The van der Waals surface area contributed by atoms with Gasteiger partial charge in [-0.3, -0.25) is 4.79 Å². The number of pyridine rings is 1. The van der Waals surface area contributed by atoms with Gasteiger partial charge in [0.25, 0.3) is 0 Å². The number of aliphatic hydroxyl groups is 1. The van der Waals surface area contributed by atoms with Gasteiger partial charge in [-0.25, -0.2) is 9.97 Å². The molecule has 0 radical (unpaired) electrons. The molecule has 0 unspecified atom stereocenters. The maximum absolute atomic E-state index is 11.4. The van der Waals surface area contributed by atoms with Crippen molar-refractivity contribution < 1.29 is 15.0 Å². The summed E-state index contributed by atoms with van der Waals surface area (Å²) >= 11 is 4.78. The molecule has 2 aromatic heterocycles. The van der Waals surface area contributed by atoms with Crippen LogP contribution in [0.15, 0.2) is 29.0 Å². The van der Waals surface area contributed by atoms with Gasteiger partial charge in [0.2, 0.25) is 0 Å². The number of aliphatic carboxylic acids is 1. The van der Waals surface area contributed by atoms with Crippen LogP contribution < -0.4 is 0 Å². The number of aromatic nitrogens is 2. The number of halogens is 1. The number of nitrogens with zero attached hydrogens (tertiary/aromatic N) is 2. The third-order valence-electron chi connectivity index (χ3n) is 4.71. The standard InChI is InChI=1S/C17H19BrN2O3S/c1-16(2)9-17(23,7-6-10(16)14(21)22)15-19-8-12(24-15)11-4-3-5-13(18)20-11/h3-5,8,10,23H,6-7,9H2,1-2H3,(H,21,22)/t10-,17-/m1/s1. The number of carbonyl (C=O) groups is 1. The summed E-state index contributed by atoms with van der Waals surface area (Å²) in [6.45, 7) is 3.81. The molecule has 2 N–H and O–H groups in total. The first-order chi connectivity index (χ1) is 11.2. The maximum Gasteiger partial charge on any atom is 0.307 e. The van der Waals surface area contributed by atoms with E-state index in [4.69, 9.17) is 0 Å². The SMILES string of the molecule is CC1(C)C[C@@](O)(c2ncc(-c3cccc(Br)n3)s2)CC[C@@H]1C(=O)O. The van der Waals surface area contributed by atoms with Crippen molar-refractivity contribution in [3.8, 4) is 10.6 Å². The van der Waals surface area contributed by atoms with Crippen LogP contribution in [0.25, 0.3) is 10.6 Å². The summed E-state index contributed by atoms with van der Waals surface area (Å²) < 4.78 is 0.747. The molecule has 0 saturated heterocycles. The molecular weight excluding hydrogens is 392 g/mol. The highest BCUT2D eigenvalue weighted by Gasteiger charge is 2.49. The molecule has 2 heterocycles. The first-order valence-electron chi connectivity index (χ1n) is 7.76. The van der Waals surface area contributed by atoms with Gasteiger partial charge < -0.3 is 10.2 Å². The lowest BCUT2D eigenvalue weighted by molar-refractivity contribution is -0.154. The molecule has 0 spiro atoms. The van der Waals surface area contributed by atoms with Crippen molar-refractivity contribution in [2.24, 2.45) is 11.3 Å². The Hall–Kier alpha value is -1.31. The summed E-state index contributed by atoms with van der Waals surface area (Å²) in [6.07, 6.45) is 2.97. The molecule has 3 rings (SSSR count). The van der Waals surface area contributed by atoms with Crippen molar-refractivity contribution >= 4 is 33.2 Å². The zero-order valence-corrected chi connectivity index (χ0v) is 15.9. The monoisotopic (exact) mass is 410 g/mol. The number of carboxylic acids is 1. The molecule has 0 aliphatic heterocycles. The molecule has 2 aromatic rings. The summed E-state index contributed by atoms with van der Waals surface area (Å²) in [5, 5.41) is 21.1. The topological polar surface area (TPSA) is 83.3 Å². The lowest BCUT2D eigenvalue weighted by Crippen LogP contribution is -2.44. The quantitative estimate of drug-likeness (QED) is 0.745. The normalized spacial score (nSPS) is 26.2. The first kappa shape index (κ1) is 17.5. The van der Waals surface area contributed by atoms with Crippen molar-refractivity contribution in [1.29, 1.82) is 0 Å². The summed E-state index contributed by atoms with van der Waals surface area (Å²) in [6, 6.07) is 5.66. The number of hydrogen-bond acceptors (Lipinski definition) is 5. The third kappa shape index (κ3) is 3.25. The predicted molar refractivity (Wildman–Crippen MR) is 95.7 cm³/mol. The lowest BCUT2D eigenvalue weighted by Gasteiger charge is -2.44. The van der Waals surface area contributed by atoms with Gasteiger partial charge in [-0.1, -0.05) is 19.9 Å². The molecule has 0 bridgehead atoms. The Kier molecular flexibility index (Phi) is 4.53. The van der Waals surface area contributed by atoms with Gasteiger partial charge >= 0.3 is 5.97 Å². The van der Waals surface area contributed by atoms with E-state index in [2.05, 4.69) is 25.9 Å². The molecule has 0 aromatic carbocycles. The second-order valence-corrected chi connectivity index (χ2v) is 8.84. The number of rotatable bonds is 3. The summed E-state index contributed by atoms with van der Waals surface area (Å²) in [5.74, 6) is -1.23. The summed E-state index contributed by atoms with van der Waals surface area (Å²) in [5.41, 5.74) is -0.765. The highest BCUT2D eigenvalue weighted by Crippen LogP contribution is 2.50. The van der Waals surface area contributed by atoms with E-state index < -0.39 is 22.9 Å². The zero-order valence-electron chi connectivity index (χ0n) is 13.5. The van der Waals surface area contributed by atoms with E-state index in [0.717, 1.165) is 15.2 Å².